The molecule has 0 aliphatic heterocycles. The van der Waals surface area contributed by atoms with E-state index in [4.69, 9.17) is 4.98 Å². The van der Waals surface area contributed by atoms with Crippen LogP contribution < -0.4 is 5.56 Å². The van der Waals surface area contributed by atoms with E-state index in [0.29, 0.717) is 25.5 Å². The van der Waals surface area contributed by atoms with Crippen molar-refractivity contribution in [3.8, 4) is 0 Å². The van der Waals surface area contributed by atoms with Crippen molar-refractivity contribution in [1.82, 2.24) is 14.9 Å². The van der Waals surface area contributed by atoms with Gasteiger partial charge in [-0.1, -0.05) is 12.5 Å². The van der Waals surface area contributed by atoms with Crippen LogP contribution in [0.15, 0.2) is 17.4 Å². The summed E-state index contributed by atoms with van der Waals surface area (Å²) < 4.78 is 0. The average molecular weight is 347 g/mol. The first-order chi connectivity index (χ1) is 11.6. The molecule has 0 amide bonds. The van der Waals surface area contributed by atoms with Gasteiger partial charge in [0.1, 0.15) is 10.7 Å². The number of thiophene rings is 1. The minimum absolute atomic E-state index is 0.0231. The number of aryl methyl sites for hydroxylation is 2. The fraction of sp³-hybridized carbons (Fsp3) is 0.556. The SMILES string of the molecule is C=CCN(Cc1nc2sc3c(c2c(=O)[nH]1)CCCCC3)CC(C)O. The minimum atomic E-state index is -0.432. The van der Waals surface area contributed by atoms with Gasteiger partial charge in [0.15, 0.2) is 0 Å². The van der Waals surface area contributed by atoms with Gasteiger partial charge in [-0.3, -0.25) is 9.69 Å². The lowest BCUT2D eigenvalue weighted by Crippen LogP contribution is -2.32. The van der Waals surface area contributed by atoms with Crippen molar-refractivity contribution in [2.45, 2.75) is 51.7 Å². The number of hydrogen-bond acceptors (Lipinski definition) is 5. The summed E-state index contributed by atoms with van der Waals surface area (Å²) in [5, 5.41) is 10.4. The first-order valence-corrected chi connectivity index (χ1v) is 9.45. The molecule has 1 unspecified atom stereocenters. The third-order valence-electron chi connectivity index (χ3n) is 4.41. The maximum atomic E-state index is 12.6. The molecule has 1 aliphatic carbocycles. The third-order valence-corrected chi connectivity index (χ3v) is 5.59. The van der Waals surface area contributed by atoms with Crippen molar-refractivity contribution in [3.05, 3.63) is 39.3 Å². The Morgan fingerprint density at radius 1 is 1.42 bits per heavy atom. The molecule has 0 radical (unpaired) electrons. The Hall–Kier alpha value is -1.50. The van der Waals surface area contributed by atoms with Gasteiger partial charge in [-0.25, -0.2) is 4.98 Å². The summed E-state index contributed by atoms with van der Waals surface area (Å²) in [6.45, 7) is 7.19. The molecule has 3 rings (SSSR count). The van der Waals surface area contributed by atoms with Crippen molar-refractivity contribution in [2.24, 2.45) is 0 Å². The number of aromatic amines is 1. The maximum Gasteiger partial charge on any atom is 0.259 e. The van der Waals surface area contributed by atoms with Crippen molar-refractivity contribution in [2.75, 3.05) is 13.1 Å². The Balaban J connectivity index is 1.93. The van der Waals surface area contributed by atoms with Crippen LogP contribution in [0.1, 0.15) is 42.5 Å². The summed E-state index contributed by atoms with van der Waals surface area (Å²) in [7, 11) is 0. The lowest BCUT2D eigenvalue weighted by atomic mass is 10.1. The highest BCUT2D eigenvalue weighted by Crippen LogP contribution is 2.32. The smallest absolute Gasteiger partial charge is 0.259 e. The summed E-state index contributed by atoms with van der Waals surface area (Å²) >= 11 is 1.68. The number of aliphatic hydroxyl groups is 1. The van der Waals surface area contributed by atoms with Crippen molar-refractivity contribution >= 4 is 21.6 Å². The van der Waals surface area contributed by atoms with E-state index in [0.717, 1.165) is 29.5 Å². The van der Waals surface area contributed by atoms with Crippen LogP contribution in [0.5, 0.6) is 0 Å². The molecule has 6 heteroatoms. The molecule has 5 nitrogen and oxygen atoms in total. The molecule has 0 saturated heterocycles. The molecule has 0 fully saturated rings. The van der Waals surface area contributed by atoms with Gasteiger partial charge in [-0.15, -0.1) is 17.9 Å². The van der Waals surface area contributed by atoms with Crippen molar-refractivity contribution in [1.29, 1.82) is 0 Å². The Labute approximate surface area is 146 Å². The minimum Gasteiger partial charge on any atom is -0.392 e. The molecule has 0 bridgehead atoms. The van der Waals surface area contributed by atoms with Crippen LogP contribution in [-0.2, 0) is 19.4 Å². The Morgan fingerprint density at radius 3 is 2.96 bits per heavy atom. The quantitative estimate of drug-likeness (QED) is 0.622. The van der Waals surface area contributed by atoms with E-state index >= 15 is 0 Å². The predicted molar refractivity (Wildman–Crippen MR) is 98.7 cm³/mol. The predicted octanol–water partition coefficient (Wildman–Crippen LogP) is 2.62. The summed E-state index contributed by atoms with van der Waals surface area (Å²) in [6.07, 6.45) is 7.01. The van der Waals surface area contributed by atoms with Crippen molar-refractivity contribution < 1.29 is 5.11 Å². The fourth-order valence-corrected chi connectivity index (χ4v) is 4.71. The number of rotatable bonds is 6. The van der Waals surface area contributed by atoms with E-state index < -0.39 is 6.10 Å². The van der Waals surface area contributed by atoms with Gasteiger partial charge < -0.3 is 10.1 Å². The third kappa shape index (κ3) is 3.77. The molecule has 1 aliphatic rings. The molecule has 0 aromatic carbocycles. The summed E-state index contributed by atoms with van der Waals surface area (Å²) in [5.41, 5.74) is 1.20. The molecular weight excluding hydrogens is 322 g/mol. The molecule has 130 valence electrons. The lowest BCUT2D eigenvalue weighted by Gasteiger charge is -2.21. The van der Waals surface area contributed by atoms with Gasteiger partial charge in [0, 0.05) is 18.0 Å². The largest absolute Gasteiger partial charge is 0.392 e. The highest BCUT2D eigenvalue weighted by molar-refractivity contribution is 7.18. The molecule has 2 aromatic rings. The maximum absolute atomic E-state index is 12.6. The van der Waals surface area contributed by atoms with E-state index in [1.807, 2.05) is 4.90 Å². The van der Waals surface area contributed by atoms with Crippen molar-refractivity contribution in [3.63, 3.8) is 0 Å². The first kappa shape index (κ1) is 17.3. The van der Waals surface area contributed by atoms with E-state index in [-0.39, 0.29) is 5.56 Å². The summed E-state index contributed by atoms with van der Waals surface area (Å²) in [5.74, 6) is 0.659. The number of H-pyrrole nitrogens is 1. The van der Waals surface area contributed by atoms with Gasteiger partial charge in [0.05, 0.1) is 18.0 Å². The normalized spacial score (nSPS) is 16.1. The zero-order valence-corrected chi connectivity index (χ0v) is 15.0. The molecule has 0 spiro atoms. The second-order valence-corrected chi connectivity index (χ2v) is 7.67. The Kier molecular flexibility index (Phi) is 5.48. The number of hydrogen-bond donors (Lipinski definition) is 2. The van der Waals surface area contributed by atoms with Crippen LogP contribution in [0.3, 0.4) is 0 Å². The summed E-state index contributed by atoms with van der Waals surface area (Å²) in [4.78, 5) is 24.5. The molecule has 24 heavy (non-hydrogen) atoms. The number of aliphatic hydroxyl groups excluding tert-OH is 1. The van der Waals surface area contributed by atoms with Crippen LogP contribution >= 0.6 is 11.3 Å². The van der Waals surface area contributed by atoms with Gasteiger partial charge >= 0.3 is 0 Å². The van der Waals surface area contributed by atoms with E-state index in [1.54, 1.807) is 24.3 Å². The first-order valence-electron chi connectivity index (χ1n) is 8.63. The Bertz CT molecular complexity index is 778. The molecule has 2 aromatic heterocycles. The number of fused-ring (bicyclic) bond motifs is 3. The molecule has 1 atom stereocenters. The second-order valence-electron chi connectivity index (χ2n) is 6.59. The van der Waals surface area contributed by atoms with Gasteiger partial charge in [-0.2, -0.15) is 0 Å². The number of nitrogens with zero attached hydrogens (tertiary/aromatic N) is 2. The zero-order valence-electron chi connectivity index (χ0n) is 14.2. The van der Waals surface area contributed by atoms with E-state index in [2.05, 4.69) is 11.6 Å². The summed E-state index contributed by atoms with van der Waals surface area (Å²) in [6, 6.07) is 0. The molecule has 2 N–H and O–H groups in total. The van der Waals surface area contributed by atoms with Gasteiger partial charge in [0.25, 0.3) is 5.56 Å². The van der Waals surface area contributed by atoms with Gasteiger partial charge in [-0.05, 0) is 38.2 Å². The van der Waals surface area contributed by atoms with Crippen LogP contribution in [0, 0.1) is 0 Å². The molecule has 0 saturated carbocycles. The monoisotopic (exact) mass is 347 g/mol. The van der Waals surface area contributed by atoms with E-state index in [1.165, 1.54) is 23.3 Å². The van der Waals surface area contributed by atoms with Crippen LogP contribution in [0.2, 0.25) is 0 Å². The Morgan fingerprint density at radius 2 is 2.21 bits per heavy atom. The molecular formula is C18H25N3O2S. The lowest BCUT2D eigenvalue weighted by molar-refractivity contribution is 0.128. The number of nitrogens with one attached hydrogen (secondary N) is 1. The van der Waals surface area contributed by atoms with Crippen LogP contribution in [0.25, 0.3) is 10.2 Å². The highest BCUT2D eigenvalue weighted by atomic mass is 32.1. The zero-order chi connectivity index (χ0) is 17.1. The van der Waals surface area contributed by atoms with Gasteiger partial charge in [0.2, 0.25) is 0 Å². The topological polar surface area (TPSA) is 69.2 Å². The molecule has 2 heterocycles. The average Bonchev–Trinajstić information content (AvgIpc) is 2.69. The van der Waals surface area contributed by atoms with Crippen LogP contribution in [0.4, 0.5) is 0 Å². The number of aromatic nitrogens is 2. The second kappa shape index (κ2) is 7.59. The van der Waals surface area contributed by atoms with E-state index in [9.17, 15) is 9.90 Å². The fourth-order valence-electron chi connectivity index (χ4n) is 3.43. The highest BCUT2D eigenvalue weighted by Gasteiger charge is 2.19. The van der Waals surface area contributed by atoms with Crippen LogP contribution in [-0.4, -0.2) is 39.2 Å². The standard InChI is InChI=1S/C18H25N3O2S/c1-3-9-21(10-12(2)22)11-15-19-17(23)16-13-7-5-4-6-8-14(13)24-18(16)20-15/h3,12,22H,1,4-11H2,2H3,(H,19,20,23).